The Balaban J connectivity index is 1.79. The molecule has 0 saturated heterocycles. The first-order valence-electron chi connectivity index (χ1n) is 9.42. The third-order valence-electron chi connectivity index (χ3n) is 4.89. The van der Waals surface area contributed by atoms with Crippen molar-refractivity contribution < 1.29 is 8.42 Å². The Labute approximate surface area is 166 Å². The Kier molecular flexibility index (Phi) is 5.26. The van der Waals surface area contributed by atoms with Crippen LogP contribution in [-0.4, -0.2) is 20.8 Å². The molecule has 3 aromatic carbocycles. The van der Waals surface area contributed by atoms with E-state index in [4.69, 9.17) is 0 Å². The summed E-state index contributed by atoms with van der Waals surface area (Å²) in [6, 6.07) is 26.5. The summed E-state index contributed by atoms with van der Waals surface area (Å²) >= 11 is 0. The summed E-state index contributed by atoms with van der Waals surface area (Å²) in [6.45, 7) is 0.757. The molecule has 0 aliphatic carbocycles. The number of aryl methyl sites for hydroxylation is 1. The van der Waals surface area contributed by atoms with E-state index < -0.39 is 10.0 Å². The largest absolute Gasteiger partial charge is 0.329 e. The van der Waals surface area contributed by atoms with Crippen molar-refractivity contribution >= 4 is 21.5 Å². The van der Waals surface area contributed by atoms with Crippen molar-refractivity contribution in [3.05, 3.63) is 96.1 Å². The molecule has 0 atom stereocenters. The zero-order valence-corrected chi connectivity index (χ0v) is 16.3. The van der Waals surface area contributed by atoms with Gasteiger partial charge in [0, 0.05) is 18.7 Å². The maximum absolute atomic E-state index is 13.0. The van der Waals surface area contributed by atoms with Crippen LogP contribution in [0, 0.1) is 0 Å². The first-order valence-corrected chi connectivity index (χ1v) is 10.9. The van der Waals surface area contributed by atoms with E-state index in [0.29, 0.717) is 12.3 Å². The SMILES string of the molecule is O=S(=O)(/N=C(/Cc1ccccc1)N1CCCc2ccccc21)c1ccccc1. The zero-order chi connectivity index (χ0) is 19.4. The lowest BCUT2D eigenvalue weighted by Gasteiger charge is -2.32. The molecule has 0 saturated carbocycles. The highest BCUT2D eigenvalue weighted by Crippen LogP contribution is 2.28. The van der Waals surface area contributed by atoms with Crippen LogP contribution in [0.25, 0.3) is 0 Å². The molecule has 0 spiro atoms. The number of anilines is 1. The first-order chi connectivity index (χ1) is 13.6. The van der Waals surface area contributed by atoms with Gasteiger partial charge in [-0.25, -0.2) is 0 Å². The van der Waals surface area contributed by atoms with Gasteiger partial charge in [0.1, 0.15) is 5.84 Å². The van der Waals surface area contributed by atoms with Crippen LogP contribution in [0.15, 0.2) is 94.2 Å². The van der Waals surface area contributed by atoms with Crippen molar-refractivity contribution in [3.8, 4) is 0 Å². The fourth-order valence-electron chi connectivity index (χ4n) is 3.54. The predicted molar refractivity (Wildman–Crippen MR) is 113 cm³/mol. The molecule has 28 heavy (non-hydrogen) atoms. The second-order valence-corrected chi connectivity index (χ2v) is 8.45. The second-order valence-electron chi connectivity index (χ2n) is 6.84. The maximum atomic E-state index is 13.0. The molecule has 0 fully saturated rings. The van der Waals surface area contributed by atoms with Gasteiger partial charge in [0.05, 0.1) is 4.90 Å². The van der Waals surface area contributed by atoms with E-state index in [1.807, 2.05) is 48.5 Å². The Bertz CT molecular complexity index is 1080. The number of benzene rings is 3. The summed E-state index contributed by atoms with van der Waals surface area (Å²) in [4.78, 5) is 2.28. The van der Waals surface area contributed by atoms with E-state index >= 15 is 0 Å². The third kappa shape index (κ3) is 3.99. The number of sulfonamides is 1. The summed E-state index contributed by atoms with van der Waals surface area (Å²) in [7, 11) is -3.79. The average Bonchev–Trinajstić information content (AvgIpc) is 2.74. The van der Waals surface area contributed by atoms with Gasteiger partial charge < -0.3 is 4.90 Å². The van der Waals surface area contributed by atoms with Gasteiger partial charge in [0.2, 0.25) is 0 Å². The number of fused-ring (bicyclic) bond motifs is 1. The molecule has 142 valence electrons. The lowest BCUT2D eigenvalue weighted by molar-refractivity contribution is 0.597. The van der Waals surface area contributed by atoms with Gasteiger partial charge in [0.15, 0.2) is 0 Å². The van der Waals surface area contributed by atoms with E-state index in [-0.39, 0.29) is 4.90 Å². The monoisotopic (exact) mass is 390 g/mol. The molecule has 0 aromatic heterocycles. The lowest BCUT2D eigenvalue weighted by Crippen LogP contribution is -2.37. The molecule has 0 N–H and O–H groups in total. The Hall–Kier alpha value is -2.92. The van der Waals surface area contributed by atoms with Gasteiger partial charge in [-0.05, 0) is 42.2 Å². The summed E-state index contributed by atoms with van der Waals surface area (Å²) in [5.74, 6) is 0.558. The highest BCUT2D eigenvalue weighted by atomic mass is 32.2. The van der Waals surface area contributed by atoms with E-state index in [9.17, 15) is 8.42 Å². The Morgan fingerprint density at radius 2 is 1.50 bits per heavy atom. The number of hydrogen-bond donors (Lipinski definition) is 0. The molecular weight excluding hydrogens is 368 g/mol. The van der Waals surface area contributed by atoms with Gasteiger partial charge in [-0.15, -0.1) is 4.40 Å². The standard InChI is InChI=1S/C23H22N2O2S/c26-28(27,21-14-5-2-6-15-21)24-23(18-19-10-3-1-4-11-19)25-17-9-13-20-12-7-8-16-22(20)25/h1-8,10-12,14-16H,9,13,17-18H2/b24-23-. The predicted octanol–water partition coefficient (Wildman–Crippen LogP) is 4.47. The first kappa shape index (κ1) is 18.4. The minimum absolute atomic E-state index is 0.214. The van der Waals surface area contributed by atoms with Crippen LogP contribution in [0.5, 0.6) is 0 Å². The molecular formula is C23H22N2O2S. The van der Waals surface area contributed by atoms with Crippen molar-refractivity contribution in [2.75, 3.05) is 11.4 Å². The summed E-state index contributed by atoms with van der Waals surface area (Å²) in [5, 5.41) is 0. The van der Waals surface area contributed by atoms with Crippen LogP contribution >= 0.6 is 0 Å². The number of nitrogens with zero attached hydrogens (tertiary/aromatic N) is 2. The van der Waals surface area contributed by atoms with Crippen LogP contribution in [0.3, 0.4) is 0 Å². The van der Waals surface area contributed by atoms with Gasteiger partial charge >= 0.3 is 0 Å². The molecule has 0 unspecified atom stereocenters. The van der Waals surface area contributed by atoms with Gasteiger partial charge in [-0.2, -0.15) is 8.42 Å². The van der Waals surface area contributed by atoms with Crippen molar-refractivity contribution in [1.82, 2.24) is 0 Å². The zero-order valence-electron chi connectivity index (χ0n) is 15.5. The summed E-state index contributed by atoms with van der Waals surface area (Å²) in [6.07, 6.45) is 2.42. The van der Waals surface area contributed by atoms with Crippen LogP contribution < -0.4 is 4.90 Å². The smallest absolute Gasteiger partial charge is 0.283 e. The molecule has 1 aliphatic rings. The Morgan fingerprint density at radius 1 is 0.857 bits per heavy atom. The topological polar surface area (TPSA) is 49.7 Å². The maximum Gasteiger partial charge on any atom is 0.283 e. The van der Waals surface area contributed by atoms with Crippen LogP contribution in [0.1, 0.15) is 17.5 Å². The number of para-hydroxylation sites is 1. The highest BCUT2D eigenvalue weighted by Gasteiger charge is 2.24. The number of rotatable bonds is 4. The third-order valence-corrected chi connectivity index (χ3v) is 6.21. The molecule has 3 aromatic rings. The Morgan fingerprint density at radius 3 is 2.25 bits per heavy atom. The van der Waals surface area contributed by atoms with E-state index in [1.165, 1.54) is 5.56 Å². The van der Waals surface area contributed by atoms with Gasteiger partial charge in [0.25, 0.3) is 10.0 Å². The van der Waals surface area contributed by atoms with Crippen LogP contribution in [-0.2, 0) is 22.9 Å². The second kappa shape index (κ2) is 7.98. The van der Waals surface area contributed by atoms with Crippen molar-refractivity contribution in [2.24, 2.45) is 4.40 Å². The normalized spacial score (nSPS) is 14.6. The van der Waals surface area contributed by atoms with Crippen LogP contribution in [0.4, 0.5) is 5.69 Å². The fourth-order valence-corrected chi connectivity index (χ4v) is 4.59. The molecule has 0 radical (unpaired) electrons. The average molecular weight is 391 g/mol. The molecule has 0 bridgehead atoms. The lowest BCUT2D eigenvalue weighted by atomic mass is 10.0. The molecule has 1 aliphatic heterocycles. The fraction of sp³-hybridized carbons (Fsp3) is 0.174. The van der Waals surface area contributed by atoms with Gasteiger partial charge in [-0.1, -0.05) is 66.7 Å². The summed E-state index contributed by atoms with van der Waals surface area (Å²) < 4.78 is 30.3. The molecule has 4 rings (SSSR count). The highest BCUT2D eigenvalue weighted by molar-refractivity contribution is 7.90. The van der Waals surface area contributed by atoms with E-state index in [1.54, 1.807) is 30.3 Å². The minimum atomic E-state index is -3.79. The molecule has 0 amide bonds. The van der Waals surface area contributed by atoms with Crippen molar-refractivity contribution in [1.29, 1.82) is 0 Å². The van der Waals surface area contributed by atoms with Crippen molar-refractivity contribution in [3.63, 3.8) is 0 Å². The van der Waals surface area contributed by atoms with Gasteiger partial charge in [-0.3, -0.25) is 0 Å². The van der Waals surface area contributed by atoms with E-state index in [0.717, 1.165) is 30.6 Å². The van der Waals surface area contributed by atoms with Crippen molar-refractivity contribution in [2.45, 2.75) is 24.2 Å². The summed E-state index contributed by atoms with van der Waals surface area (Å²) in [5.41, 5.74) is 3.31. The van der Waals surface area contributed by atoms with E-state index in [2.05, 4.69) is 15.4 Å². The van der Waals surface area contributed by atoms with Crippen LogP contribution in [0.2, 0.25) is 0 Å². The molecule has 4 nitrogen and oxygen atoms in total. The number of amidine groups is 1. The minimum Gasteiger partial charge on any atom is -0.329 e. The molecule has 1 heterocycles. The quantitative estimate of drug-likeness (QED) is 0.488. The number of hydrogen-bond acceptors (Lipinski definition) is 2. The molecule has 5 heteroatoms.